The molecule has 0 fully saturated rings. The van der Waals surface area contributed by atoms with Crippen LogP contribution in [-0.4, -0.2) is 9.97 Å². The Labute approximate surface area is 92.9 Å². The summed E-state index contributed by atoms with van der Waals surface area (Å²) in [7, 11) is 0. The first-order valence-electron chi connectivity index (χ1n) is 4.51. The van der Waals surface area contributed by atoms with E-state index in [2.05, 4.69) is 9.97 Å². The highest BCUT2D eigenvalue weighted by Gasteiger charge is 2.02. The molecule has 0 bridgehead atoms. The van der Waals surface area contributed by atoms with E-state index in [0.717, 1.165) is 11.1 Å². The number of rotatable bonds is 1. The topological polar surface area (TPSA) is 51.8 Å². The van der Waals surface area contributed by atoms with Crippen molar-refractivity contribution >= 4 is 17.3 Å². The fourth-order valence-corrected chi connectivity index (χ4v) is 1.40. The Bertz CT molecular complexity index is 480. The molecular formula is C11H10ClN3. The van der Waals surface area contributed by atoms with Gasteiger partial charge in [0.1, 0.15) is 0 Å². The molecule has 3 nitrogen and oxygen atoms in total. The lowest BCUT2D eigenvalue weighted by molar-refractivity contribution is 1.18. The largest absolute Gasteiger partial charge is 0.396 e. The van der Waals surface area contributed by atoms with Crippen LogP contribution < -0.4 is 5.73 Å². The van der Waals surface area contributed by atoms with E-state index in [4.69, 9.17) is 17.3 Å². The van der Waals surface area contributed by atoms with Crippen LogP contribution in [0.1, 0.15) is 5.56 Å². The Hall–Kier alpha value is -1.61. The second-order valence-corrected chi connectivity index (χ2v) is 3.71. The zero-order valence-electron chi connectivity index (χ0n) is 8.24. The molecule has 0 aliphatic carbocycles. The highest BCUT2D eigenvalue weighted by Crippen LogP contribution is 2.22. The van der Waals surface area contributed by atoms with Crippen molar-refractivity contribution < 1.29 is 0 Å². The second kappa shape index (κ2) is 3.87. The molecule has 0 spiro atoms. The standard InChI is InChI=1S/C11H10ClN3/c1-7-2-3-8(4-10(7)12)11-14-5-9(13)6-15-11/h2-6H,13H2,1H3. The summed E-state index contributed by atoms with van der Waals surface area (Å²) < 4.78 is 0. The van der Waals surface area contributed by atoms with E-state index in [9.17, 15) is 0 Å². The monoisotopic (exact) mass is 219 g/mol. The number of hydrogen-bond donors (Lipinski definition) is 1. The van der Waals surface area contributed by atoms with Gasteiger partial charge in [-0.2, -0.15) is 0 Å². The molecule has 4 heteroatoms. The van der Waals surface area contributed by atoms with Gasteiger partial charge in [-0.3, -0.25) is 0 Å². The number of nitrogens with zero attached hydrogens (tertiary/aromatic N) is 2. The number of hydrogen-bond acceptors (Lipinski definition) is 3. The average molecular weight is 220 g/mol. The van der Waals surface area contributed by atoms with E-state index in [1.165, 1.54) is 0 Å². The molecular weight excluding hydrogens is 210 g/mol. The Morgan fingerprint density at radius 3 is 2.47 bits per heavy atom. The highest BCUT2D eigenvalue weighted by atomic mass is 35.5. The van der Waals surface area contributed by atoms with E-state index < -0.39 is 0 Å². The predicted octanol–water partition coefficient (Wildman–Crippen LogP) is 2.69. The van der Waals surface area contributed by atoms with Gasteiger partial charge in [-0.1, -0.05) is 23.7 Å². The van der Waals surface area contributed by atoms with Crippen LogP contribution in [-0.2, 0) is 0 Å². The van der Waals surface area contributed by atoms with E-state index in [0.29, 0.717) is 16.5 Å². The van der Waals surface area contributed by atoms with Crippen molar-refractivity contribution in [2.24, 2.45) is 0 Å². The molecule has 2 N–H and O–H groups in total. The number of nitrogens with two attached hydrogens (primary N) is 1. The SMILES string of the molecule is Cc1ccc(-c2ncc(N)cn2)cc1Cl. The maximum absolute atomic E-state index is 6.01. The summed E-state index contributed by atoms with van der Waals surface area (Å²) in [5.74, 6) is 0.631. The summed E-state index contributed by atoms with van der Waals surface area (Å²) in [5.41, 5.74) is 7.99. The number of halogens is 1. The van der Waals surface area contributed by atoms with Crippen LogP contribution in [0.2, 0.25) is 5.02 Å². The quantitative estimate of drug-likeness (QED) is 0.802. The van der Waals surface area contributed by atoms with E-state index in [-0.39, 0.29) is 0 Å². The minimum Gasteiger partial charge on any atom is -0.396 e. The van der Waals surface area contributed by atoms with Gasteiger partial charge >= 0.3 is 0 Å². The molecule has 1 heterocycles. The predicted molar refractivity (Wildman–Crippen MR) is 61.6 cm³/mol. The molecule has 2 aromatic rings. The number of anilines is 1. The number of benzene rings is 1. The summed E-state index contributed by atoms with van der Waals surface area (Å²) >= 11 is 6.01. The Balaban J connectivity index is 2.45. The van der Waals surface area contributed by atoms with Crippen LogP contribution in [0.5, 0.6) is 0 Å². The minimum absolute atomic E-state index is 0.553. The molecule has 76 valence electrons. The summed E-state index contributed by atoms with van der Waals surface area (Å²) in [6, 6.07) is 5.73. The van der Waals surface area contributed by atoms with Crippen LogP contribution in [0.4, 0.5) is 5.69 Å². The van der Waals surface area contributed by atoms with Crippen molar-refractivity contribution in [1.29, 1.82) is 0 Å². The molecule has 1 aromatic heterocycles. The molecule has 0 aliphatic rings. The second-order valence-electron chi connectivity index (χ2n) is 3.30. The maximum atomic E-state index is 6.01. The zero-order valence-corrected chi connectivity index (χ0v) is 8.99. The Kier molecular flexibility index (Phi) is 2.56. The van der Waals surface area contributed by atoms with Crippen molar-refractivity contribution in [3.05, 3.63) is 41.2 Å². The molecule has 0 unspecified atom stereocenters. The summed E-state index contributed by atoms with van der Waals surface area (Å²) in [6.07, 6.45) is 3.16. The summed E-state index contributed by atoms with van der Waals surface area (Å²) in [4.78, 5) is 8.25. The fraction of sp³-hybridized carbons (Fsp3) is 0.0909. The molecule has 1 aromatic carbocycles. The van der Waals surface area contributed by atoms with Gasteiger partial charge in [0.2, 0.25) is 0 Å². The van der Waals surface area contributed by atoms with Crippen molar-refractivity contribution in [2.75, 3.05) is 5.73 Å². The van der Waals surface area contributed by atoms with Crippen LogP contribution in [0, 0.1) is 6.92 Å². The molecule has 0 radical (unpaired) electrons. The average Bonchev–Trinajstić information content (AvgIpc) is 2.23. The molecule has 0 saturated carbocycles. The minimum atomic E-state index is 0.553. The van der Waals surface area contributed by atoms with Crippen molar-refractivity contribution in [1.82, 2.24) is 9.97 Å². The third kappa shape index (κ3) is 2.07. The lowest BCUT2D eigenvalue weighted by Gasteiger charge is -2.02. The molecule has 0 amide bonds. The lowest BCUT2D eigenvalue weighted by Crippen LogP contribution is -1.92. The van der Waals surface area contributed by atoms with E-state index >= 15 is 0 Å². The maximum Gasteiger partial charge on any atom is 0.159 e. The van der Waals surface area contributed by atoms with Crippen molar-refractivity contribution in [3.63, 3.8) is 0 Å². The molecule has 2 rings (SSSR count). The van der Waals surface area contributed by atoms with Crippen LogP contribution in [0.25, 0.3) is 11.4 Å². The van der Waals surface area contributed by atoms with Crippen LogP contribution in [0.3, 0.4) is 0 Å². The molecule has 15 heavy (non-hydrogen) atoms. The normalized spacial score (nSPS) is 10.3. The Morgan fingerprint density at radius 2 is 1.87 bits per heavy atom. The van der Waals surface area contributed by atoms with Gasteiger partial charge in [0.25, 0.3) is 0 Å². The Morgan fingerprint density at radius 1 is 1.20 bits per heavy atom. The van der Waals surface area contributed by atoms with Crippen LogP contribution in [0.15, 0.2) is 30.6 Å². The van der Waals surface area contributed by atoms with Crippen molar-refractivity contribution in [3.8, 4) is 11.4 Å². The smallest absolute Gasteiger partial charge is 0.159 e. The van der Waals surface area contributed by atoms with Gasteiger partial charge in [-0.25, -0.2) is 9.97 Å². The molecule has 0 saturated heterocycles. The van der Waals surface area contributed by atoms with Crippen LogP contribution >= 0.6 is 11.6 Å². The van der Waals surface area contributed by atoms with E-state index in [1.54, 1.807) is 12.4 Å². The third-order valence-electron chi connectivity index (χ3n) is 2.10. The van der Waals surface area contributed by atoms with Gasteiger partial charge < -0.3 is 5.73 Å². The van der Waals surface area contributed by atoms with Gasteiger partial charge in [0, 0.05) is 10.6 Å². The summed E-state index contributed by atoms with van der Waals surface area (Å²) in [5, 5.41) is 0.716. The molecule has 0 atom stereocenters. The number of aromatic nitrogens is 2. The van der Waals surface area contributed by atoms with Gasteiger partial charge in [0.05, 0.1) is 18.1 Å². The number of nitrogen functional groups attached to an aromatic ring is 1. The first-order chi connectivity index (χ1) is 7.16. The first kappa shape index (κ1) is 9.93. The van der Waals surface area contributed by atoms with Crippen molar-refractivity contribution in [2.45, 2.75) is 6.92 Å². The first-order valence-corrected chi connectivity index (χ1v) is 4.88. The number of aryl methyl sites for hydroxylation is 1. The zero-order chi connectivity index (χ0) is 10.8. The van der Waals surface area contributed by atoms with Gasteiger partial charge in [0.15, 0.2) is 5.82 Å². The fourth-order valence-electron chi connectivity index (χ4n) is 1.22. The lowest BCUT2D eigenvalue weighted by atomic mass is 10.1. The molecule has 0 aliphatic heterocycles. The third-order valence-corrected chi connectivity index (χ3v) is 2.51. The van der Waals surface area contributed by atoms with Gasteiger partial charge in [-0.05, 0) is 18.6 Å². The van der Waals surface area contributed by atoms with Gasteiger partial charge in [-0.15, -0.1) is 0 Å². The van der Waals surface area contributed by atoms with E-state index in [1.807, 2.05) is 25.1 Å². The highest BCUT2D eigenvalue weighted by molar-refractivity contribution is 6.31. The summed E-state index contributed by atoms with van der Waals surface area (Å²) in [6.45, 7) is 1.95.